The molecule has 0 fully saturated rings. The van der Waals surface area contributed by atoms with Crippen molar-refractivity contribution in [3.05, 3.63) is 0 Å². The van der Waals surface area contributed by atoms with E-state index in [0.29, 0.717) is 0 Å². The van der Waals surface area contributed by atoms with Crippen molar-refractivity contribution < 1.29 is 0 Å². The highest BCUT2D eigenvalue weighted by Crippen LogP contribution is 2.02. The predicted octanol–water partition coefficient (Wildman–Crippen LogP) is 2.56. The molecule has 7 heavy (non-hydrogen) atoms. The van der Waals surface area contributed by atoms with Crippen molar-refractivity contribution in [3.8, 4) is 0 Å². The fraction of sp³-hybridized carbons (Fsp3) is 1.00. The van der Waals surface area contributed by atoms with E-state index in [1.807, 2.05) is 0 Å². The summed E-state index contributed by atoms with van der Waals surface area (Å²) in [4.78, 5) is 0. The van der Waals surface area contributed by atoms with Crippen LogP contribution < -0.4 is 0 Å². The third-order valence-electron chi connectivity index (χ3n) is 1.39. The molecule has 0 amide bonds. The Bertz CT molecular complexity index is 23.4. The van der Waals surface area contributed by atoms with Gasteiger partial charge in [-0.1, -0.05) is 33.6 Å². The van der Waals surface area contributed by atoms with E-state index in [1.54, 1.807) is 0 Å². The minimum Gasteiger partial charge on any atom is -0.197 e. The zero-order chi connectivity index (χ0) is 4.99. The summed E-state index contributed by atoms with van der Waals surface area (Å²) in [7, 11) is 0. The van der Waals surface area contributed by atoms with Crippen LogP contribution in [0.4, 0.5) is 0 Å². The average molecular weight is 120 g/mol. The molecule has 0 unspecified atom stereocenters. The van der Waals surface area contributed by atoms with Gasteiger partial charge < -0.3 is 0 Å². The van der Waals surface area contributed by atoms with Gasteiger partial charge in [-0.3, -0.25) is 0 Å². The lowest BCUT2D eigenvalue weighted by Crippen LogP contribution is -1.85. The minimum atomic E-state index is 0. The molecule has 0 N–H and O–H groups in total. The molecular formula is C6H16S. The maximum atomic E-state index is 2.28. The molecule has 1 heteroatoms. The van der Waals surface area contributed by atoms with E-state index in [-0.39, 0.29) is 13.5 Å². The van der Waals surface area contributed by atoms with Gasteiger partial charge in [0.2, 0.25) is 0 Å². The van der Waals surface area contributed by atoms with E-state index in [9.17, 15) is 0 Å². The van der Waals surface area contributed by atoms with Crippen molar-refractivity contribution >= 4 is 13.5 Å². The first-order chi connectivity index (χ1) is 2.81. The summed E-state index contributed by atoms with van der Waals surface area (Å²) in [5.74, 6) is 0.935. The van der Waals surface area contributed by atoms with Crippen LogP contribution in [0.15, 0.2) is 0 Å². The van der Waals surface area contributed by atoms with Gasteiger partial charge in [0.1, 0.15) is 0 Å². The summed E-state index contributed by atoms with van der Waals surface area (Å²) in [5.41, 5.74) is 0. The van der Waals surface area contributed by atoms with Crippen molar-refractivity contribution in [1.82, 2.24) is 0 Å². The van der Waals surface area contributed by atoms with Crippen LogP contribution in [0.1, 0.15) is 33.6 Å². The first-order valence-corrected chi connectivity index (χ1v) is 2.81. The third kappa shape index (κ3) is 6.35. The van der Waals surface area contributed by atoms with Crippen LogP contribution >= 0.6 is 13.5 Å². The minimum absolute atomic E-state index is 0. The standard InChI is InChI=1S/C6H14.H2S/c1-4-6(3)5-2;/h6H,4-5H2,1-3H3;1H2. The van der Waals surface area contributed by atoms with E-state index < -0.39 is 0 Å². The summed E-state index contributed by atoms with van der Waals surface area (Å²) in [6, 6.07) is 0. The van der Waals surface area contributed by atoms with Gasteiger partial charge in [-0.15, -0.1) is 0 Å². The first-order valence-electron chi connectivity index (χ1n) is 2.81. The molecule has 0 nitrogen and oxygen atoms in total. The fourth-order valence-corrected chi connectivity index (χ4v) is 0.289. The highest BCUT2D eigenvalue weighted by Gasteiger charge is 1.88. The molecule has 0 rings (SSSR count). The van der Waals surface area contributed by atoms with E-state index in [2.05, 4.69) is 20.8 Å². The highest BCUT2D eigenvalue weighted by atomic mass is 32.1. The Balaban J connectivity index is 0. The molecule has 46 valence electrons. The molecule has 0 spiro atoms. The lowest BCUT2D eigenvalue weighted by Gasteiger charge is -1.98. The van der Waals surface area contributed by atoms with Gasteiger partial charge in [0, 0.05) is 0 Å². The molecule has 0 aromatic rings. The van der Waals surface area contributed by atoms with Crippen LogP contribution in [-0.2, 0) is 0 Å². The molecular weight excluding hydrogens is 104 g/mol. The number of hydrogen-bond acceptors (Lipinski definition) is 0. The molecule has 0 aromatic heterocycles. The van der Waals surface area contributed by atoms with E-state index in [4.69, 9.17) is 0 Å². The van der Waals surface area contributed by atoms with E-state index >= 15 is 0 Å². The zero-order valence-electron chi connectivity index (χ0n) is 5.49. The Morgan fingerprint density at radius 1 is 1.14 bits per heavy atom. The molecule has 0 aromatic carbocycles. The normalized spacial score (nSPS) is 8.57. The molecule has 0 aliphatic carbocycles. The van der Waals surface area contributed by atoms with Gasteiger partial charge in [-0.25, -0.2) is 0 Å². The van der Waals surface area contributed by atoms with Gasteiger partial charge in [0.05, 0.1) is 0 Å². The molecule has 0 radical (unpaired) electrons. The van der Waals surface area contributed by atoms with Crippen molar-refractivity contribution in [2.24, 2.45) is 5.92 Å². The Morgan fingerprint density at radius 2 is 1.43 bits per heavy atom. The van der Waals surface area contributed by atoms with Crippen LogP contribution in [0.5, 0.6) is 0 Å². The highest BCUT2D eigenvalue weighted by molar-refractivity contribution is 7.59. The average Bonchev–Trinajstić information content (AvgIpc) is 1.65. The van der Waals surface area contributed by atoms with Gasteiger partial charge in [-0.2, -0.15) is 13.5 Å². The predicted molar refractivity (Wildman–Crippen MR) is 40.1 cm³/mol. The van der Waals surface area contributed by atoms with E-state index in [0.717, 1.165) is 5.92 Å². The molecule has 0 bridgehead atoms. The maximum absolute atomic E-state index is 2.28. The van der Waals surface area contributed by atoms with Crippen LogP contribution in [0.3, 0.4) is 0 Å². The number of rotatable bonds is 2. The molecule has 0 saturated heterocycles. The monoisotopic (exact) mass is 120 g/mol. The van der Waals surface area contributed by atoms with Gasteiger partial charge in [-0.05, 0) is 5.92 Å². The van der Waals surface area contributed by atoms with Gasteiger partial charge in [0.25, 0.3) is 0 Å². The Kier molecular flexibility index (Phi) is 9.39. The van der Waals surface area contributed by atoms with Gasteiger partial charge >= 0.3 is 0 Å². The van der Waals surface area contributed by atoms with Crippen molar-refractivity contribution in [2.75, 3.05) is 0 Å². The molecule has 0 atom stereocenters. The fourth-order valence-electron chi connectivity index (χ4n) is 0.289. The third-order valence-corrected chi connectivity index (χ3v) is 1.39. The second kappa shape index (κ2) is 6.35. The Hall–Kier alpha value is 0.350. The SMILES string of the molecule is CCC(C)CC.S. The topological polar surface area (TPSA) is 0 Å². The van der Waals surface area contributed by atoms with Crippen molar-refractivity contribution in [2.45, 2.75) is 33.6 Å². The summed E-state index contributed by atoms with van der Waals surface area (Å²) >= 11 is 0. The smallest absolute Gasteiger partial charge is 0.0448 e. The summed E-state index contributed by atoms with van der Waals surface area (Å²) in [5, 5.41) is 0. The van der Waals surface area contributed by atoms with Crippen LogP contribution in [0.2, 0.25) is 0 Å². The van der Waals surface area contributed by atoms with E-state index in [1.165, 1.54) is 12.8 Å². The molecule has 0 aliphatic heterocycles. The second-order valence-electron chi connectivity index (χ2n) is 1.92. The molecule has 0 aliphatic rings. The Labute approximate surface area is 53.8 Å². The van der Waals surface area contributed by atoms with Gasteiger partial charge in [0.15, 0.2) is 0 Å². The van der Waals surface area contributed by atoms with Crippen molar-refractivity contribution in [1.29, 1.82) is 0 Å². The quantitative estimate of drug-likeness (QED) is 0.525. The summed E-state index contributed by atoms with van der Waals surface area (Å²) in [6.07, 6.45) is 2.66. The Morgan fingerprint density at radius 3 is 1.43 bits per heavy atom. The molecule has 0 saturated carbocycles. The lowest BCUT2D eigenvalue weighted by molar-refractivity contribution is 0.544. The van der Waals surface area contributed by atoms with Crippen LogP contribution in [0.25, 0.3) is 0 Å². The van der Waals surface area contributed by atoms with Crippen LogP contribution in [0, 0.1) is 5.92 Å². The summed E-state index contributed by atoms with van der Waals surface area (Å²) in [6.45, 7) is 6.74. The summed E-state index contributed by atoms with van der Waals surface area (Å²) < 4.78 is 0. The van der Waals surface area contributed by atoms with Crippen molar-refractivity contribution in [3.63, 3.8) is 0 Å². The lowest BCUT2D eigenvalue weighted by atomic mass is 10.1. The maximum Gasteiger partial charge on any atom is -0.0448 e. The van der Waals surface area contributed by atoms with Crippen LogP contribution in [-0.4, -0.2) is 0 Å². The largest absolute Gasteiger partial charge is 0.197 e. The zero-order valence-corrected chi connectivity index (χ0v) is 6.49. The number of hydrogen-bond donors (Lipinski definition) is 0. The molecule has 0 heterocycles. The first kappa shape index (κ1) is 10.4. The second-order valence-corrected chi connectivity index (χ2v) is 1.92.